The van der Waals surface area contributed by atoms with Crippen molar-refractivity contribution in [1.82, 2.24) is 19.7 Å². The van der Waals surface area contributed by atoms with E-state index in [0.29, 0.717) is 41.7 Å². The molecule has 38 heavy (non-hydrogen) atoms. The van der Waals surface area contributed by atoms with Gasteiger partial charge in [0.15, 0.2) is 0 Å². The van der Waals surface area contributed by atoms with E-state index in [1.54, 1.807) is 43.2 Å². The number of rotatable bonds is 9. The van der Waals surface area contributed by atoms with Gasteiger partial charge < -0.3 is 19.7 Å². The number of nitrogens with zero attached hydrogens (tertiary/aromatic N) is 3. The lowest BCUT2D eigenvalue weighted by Crippen LogP contribution is -2.53. The number of nitrogens with one attached hydrogen (secondary N) is 1. The SMILES string of the molecule is CCN(CCCN1C(=O)N2C(c3cccc(O)c3)c3[nH]c4cc(F)c(Cl)cc4c3CC2(C)C1=O)CCOC. The Hall–Kier alpha value is -3.14. The fourth-order valence-electron chi connectivity index (χ4n) is 5.85. The number of benzene rings is 2. The molecule has 2 unspecified atom stereocenters. The quantitative estimate of drug-likeness (QED) is 0.383. The van der Waals surface area contributed by atoms with Crippen molar-refractivity contribution in [2.45, 2.75) is 38.3 Å². The number of halogens is 2. The van der Waals surface area contributed by atoms with Crippen molar-refractivity contribution < 1.29 is 23.8 Å². The van der Waals surface area contributed by atoms with Crippen LogP contribution in [-0.2, 0) is 16.0 Å². The normalized spacial score (nSPS) is 21.1. The second-order valence-corrected chi connectivity index (χ2v) is 10.6. The zero-order valence-corrected chi connectivity index (χ0v) is 22.5. The molecule has 0 radical (unpaired) electrons. The molecule has 2 N–H and O–H groups in total. The van der Waals surface area contributed by atoms with Gasteiger partial charge in [-0.05, 0) is 61.8 Å². The first-order valence-corrected chi connectivity index (χ1v) is 13.2. The molecule has 2 aromatic carbocycles. The smallest absolute Gasteiger partial charge is 0.328 e. The average molecular weight is 543 g/mol. The van der Waals surface area contributed by atoms with Crippen LogP contribution < -0.4 is 0 Å². The number of hydrogen-bond donors (Lipinski definition) is 2. The lowest BCUT2D eigenvalue weighted by molar-refractivity contribution is -0.133. The molecule has 0 aliphatic carbocycles. The molecule has 2 atom stereocenters. The predicted molar refractivity (Wildman–Crippen MR) is 143 cm³/mol. The highest BCUT2D eigenvalue weighted by molar-refractivity contribution is 6.31. The number of amides is 3. The molecule has 3 amide bonds. The van der Waals surface area contributed by atoms with Crippen molar-refractivity contribution in [2.24, 2.45) is 0 Å². The molecule has 5 rings (SSSR count). The zero-order chi connectivity index (χ0) is 27.2. The van der Waals surface area contributed by atoms with Crippen molar-refractivity contribution in [2.75, 3.05) is 39.9 Å². The van der Waals surface area contributed by atoms with E-state index in [1.807, 2.05) is 6.07 Å². The number of ether oxygens (including phenoxy) is 1. The fourth-order valence-corrected chi connectivity index (χ4v) is 6.01. The van der Waals surface area contributed by atoms with Crippen LogP contribution in [0, 0.1) is 5.82 Å². The molecule has 1 aromatic heterocycles. The van der Waals surface area contributed by atoms with E-state index < -0.39 is 17.4 Å². The van der Waals surface area contributed by atoms with Gasteiger partial charge in [0.25, 0.3) is 5.91 Å². The number of imide groups is 1. The second-order valence-electron chi connectivity index (χ2n) is 10.2. The molecule has 1 fully saturated rings. The van der Waals surface area contributed by atoms with Crippen LogP contribution in [-0.4, -0.2) is 82.2 Å². The Morgan fingerprint density at radius 3 is 2.76 bits per heavy atom. The minimum atomic E-state index is -1.16. The number of aromatic nitrogens is 1. The lowest BCUT2D eigenvalue weighted by atomic mass is 9.81. The number of fused-ring (bicyclic) bond motifs is 4. The van der Waals surface area contributed by atoms with Crippen molar-refractivity contribution >= 4 is 34.4 Å². The molecule has 0 bridgehead atoms. The highest BCUT2D eigenvalue weighted by Gasteiger charge is 2.60. The van der Waals surface area contributed by atoms with Gasteiger partial charge in [-0.15, -0.1) is 0 Å². The first-order chi connectivity index (χ1) is 18.2. The number of H-pyrrole nitrogens is 1. The van der Waals surface area contributed by atoms with Gasteiger partial charge in [-0.25, -0.2) is 9.18 Å². The Kier molecular flexibility index (Phi) is 7.11. The van der Waals surface area contributed by atoms with Gasteiger partial charge in [-0.3, -0.25) is 14.6 Å². The topological polar surface area (TPSA) is 89.1 Å². The average Bonchev–Trinajstić information content (AvgIpc) is 3.31. The van der Waals surface area contributed by atoms with Crippen LogP contribution in [0.1, 0.15) is 43.1 Å². The summed E-state index contributed by atoms with van der Waals surface area (Å²) in [5.41, 5.74) is 1.53. The third-order valence-electron chi connectivity index (χ3n) is 7.81. The standard InChI is InChI=1S/C28H32ClFN4O4/c1-4-32(11-12-38-3)9-6-10-33-26(36)28(2)16-20-19-14-21(29)22(30)15-23(19)31-24(20)25(34(28)27(33)37)17-7-5-8-18(35)13-17/h5,7-8,13-15,25,31,35H,4,6,9-12,16H2,1-3H3. The molecule has 0 spiro atoms. The highest BCUT2D eigenvalue weighted by atomic mass is 35.5. The van der Waals surface area contributed by atoms with E-state index in [1.165, 1.54) is 11.0 Å². The van der Waals surface area contributed by atoms with Crippen LogP contribution in [0.25, 0.3) is 10.9 Å². The summed E-state index contributed by atoms with van der Waals surface area (Å²) in [6.45, 7) is 7.13. The number of hydrogen-bond acceptors (Lipinski definition) is 5. The van der Waals surface area contributed by atoms with Gasteiger partial charge >= 0.3 is 6.03 Å². The highest BCUT2D eigenvalue weighted by Crippen LogP contribution is 2.49. The number of urea groups is 1. The molecule has 1 saturated heterocycles. The van der Waals surface area contributed by atoms with Crippen LogP contribution in [0.2, 0.25) is 5.02 Å². The van der Waals surface area contributed by atoms with E-state index in [4.69, 9.17) is 16.3 Å². The monoisotopic (exact) mass is 542 g/mol. The molecule has 2 aliphatic rings. The Morgan fingerprint density at radius 2 is 2.05 bits per heavy atom. The van der Waals surface area contributed by atoms with Crippen LogP contribution in [0.4, 0.5) is 9.18 Å². The maximum Gasteiger partial charge on any atom is 0.328 e. The summed E-state index contributed by atoms with van der Waals surface area (Å²) in [6.07, 6.45) is 0.897. The van der Waals surface area contributed by atoms with Gasteiger partial charge in [-0.2, -0.15) is 0 Å². The third kappa shape index (κ3) is 4.32. The molecule has 202 valence electrons. The van der Waals surface area contributed by atoms with Crippen LogP contribution in [0.15, 0.2) is 36.4 Å². The lowest BCUT2D eigenvalue weighted by Gasteiger charge is -2.42. The van der Waals surface area contributed by atoms with E-state index in [2.05, 4.69) is 16.8 Å². The number of aromatic amines is 1. The minimum absolute atomic E-state index is 0.00908. The molecule has 0 saturated carbocycles. The molecule has 10 heteroatoms. The third-order valence-corrected chi connectivity index (χ3v) is 8.10. The zero-order valence-electron chi connectivity index (χ0n) is 21.8. The number of carbonyl (C=O) groups excluding carboxylic acids is 2. The first-order valence-electron chi connectivity index (χ1n) is 12.8. The van der Waals surface area contributed by atoms with E-state index >= 15 is 0 Å². The Bertz CT molecular complexity index is 1390. The van der Waals surface area contributed by atoms with Crippen molar-refractivity contribution in [3.63, 3.8) is 0 Å². The van der Waals surface area contributed by atoms with Gasteiger partial charge in [0, 0.05) is 43.2 Å². The van der Waals surface area contributed by atoms with E-state index in [0.717, 1.165) is 25.2 Å². The summed E-state index contributed by atoms with van der Waals surface area (Å²) >= 11 is 6.14. The number of phenols is 1. The largest absolute Gasteiger partial charge is 0.508 e. The van der Waals surface area contributed by atoms with Gasteiger partial charge in [-0.1, -0.05) is 30.7 Å². The fraction of sp³-hybridized carbons (Fsp3) is 0.429. The number of carbonyl (C=O) groups is 2. The van der Waals surface area contributed by atoms with Crippen LogP contribution in [0.5, 0.6) is 5.75 Å². The van der Waals surface area contributed by atoms with Crippen LogP contribution >= 0.6 is 11.6 Å². The Morgan fingerprint density at radius 1 is 1.26 bits per heavy atom. The minimum Gasteiger partial charge on any atom is -0.508 e. The van der Waals surface area contributed by atoms with Gasteiger partial charge in [0.2, 0.25) is 0 Å². The van der Waals surface area contributed by atoms with Crippen molar-refractivity contribution in [3.05, 3.63) is 64.1 Å². The number of phenolic OH excluding ortho intramolecular Hbond substituents is 1. The van der Waals surface area contributed by atoms with Gasteiger partial charge in [0.1, 0.15) is 23.1 Å². The maximum absolute atomic E-state index is 14.3. The second kappa shape index (κ2) is 10.2. The number of likely N-dealkylation sites (N-methyl/N-ethyl adjacent to an activating group) is 1. The Balaban J connectivity index is 1.54. The maximum atomic E-state index is 14.3. The summed E-state index contributed by atoms with van der Waals surface area (Å²) in [5, 5.41) is 11.0. The summed E-state index contributed by atoms with van der Waals surface area (Å²) in [7, 11) is 1.66. The molecule has 3 aromatic rings. The predicted octanol–water partition coefficient (Wildman–Crippen LogP) is 4.69. The number of aromatic hydroxyl groups is 1. The molecular weight excluding hydrogens is 511 g/mol. The van der Waals surface area contributed by atoms with E-state index in [-0.39, 0.29) is 29.1 Å². The first kappa shape index (κ1) is 26.5. The molecule has 8 nitrogen and oxygen atoms in total. The summed E-state index contributed by atoms with van der Waals surface area (Å²) in [5.74, 6) is -0.767. The molecular formula is C28H32ClFN4O4. The summed E-state index contributed by atoms with van der Waals surface area (Å²) < 4.78 is 19.5. The number of methoxy groups -OCH3 is 1. The summed E-state index contributed by atoms with van der Waals surface area (Å²) in [4.78, 5) is 36.3. The van der Waals surface area contributed by atoms with E-state index in [9.17, 15) is 19.1 Å². The van der Waals surface area contributed by atoms with Crippen LogP contribution in [0.3, 0.4) is 0 Å². The Labute approximate surface area is 225 Å². The van der Waals surface area contributed by atoms with Gasteiger partial charge in [0.05, 0.1) is 11.6 Å². The van der Waals surface area contributed by atoms with Crippen molar-refractivity contribution in [1.29, 1.82) is 0 Å². The summed E-state index contributed by atoms with van der Waals surface area (Å²) in [6, 6.07) is 8.51. The van der Waals surface area contributed by atoms with Crippen molar-refractivity contribution in [3.8, 4) is 5.75 Å². The molecule has 3 heterocycles. The molecule has 2 aliphatic heterocycles.